The molecule has 0 unspecified atom stereocenters. The largest absolute Gasteiger partial charge is 1.00 e. The predicted molar refractivity (Wildman–Crippen MR) is 531 cm³/mol. The topological polar surface area (TPSA) is 306 Å². The van der Waals surface area contributed by atoms with Crippen molar-refractivity contribution in [2.75, 3.05) is 152 Å². The second-order valence-corrected chi connectivity index (χ2v) is 36.0. The number of hydrogen-bond donors (Lipinski definition) is 3. The number of morpholine rings is 3. The third-order valence-electron chi connectivity index (χ3n) is 26.0. The van der Waals surface area contributed by atoms with Crippen LogP contribution in [0.4, 0.5) is 35.0 Å². The first-order chi connectivity index (χ1) is 67.1. The fraction of sp³-hybridized carbons (Fsp3) is 0.455. The van der Waals surface area contributed by atoms with Gasteiger partial charge in [0.2, 0.25) is 0 Å². The van der Waals surface area contributed by atoms with Gasteiger partial charge in [0.1, 0.15) is 17.5 Å². The molecule has 6 saturated heterocycles. The molecule has 4 N–H and O–H groups in total. The van der Waals surface area contributed by atoms with Crippen molar-refractivity contribution in [3.8, 4) is 34.2 Å². The van der Waals surface area contributed by atoms with Gasteiger partial charge in [-0.25, -0.2) is 48.7 Å². The average Bonchev–Trinajstić information content (AvgIpc) is 1.63. The van der Waals surface area contributed by atoms with Gasteiger partial charge in [-0.3, -0.25) is 34.0 Å². The number of benzene rings is 3. The molecule has 720 valence electrons. The van der Waals surface area contributed by atoms with Crippen molar-refractivity contribution in [2.24, 2.45) is 5.73 Å². The van der Waals surface area contributed by atoms with Crippen molar-refractivity contribution in [2.45, 2.75) is 161 Å². The number of pyridine rings is 3. The van der Waals surface area contributed by atoms with Crippen LogP contribution in [0, 0.1) is 0 Å². The summed E-state index contributed by atoms with van der Waals surface area (Å²) in [7, 11) is -1.00. The Labute approximate surface area is 829 Å². The van der Waals surface area contributed by atoms with E-state index in [0.29, 0.717) is 57.8 Å². The molecule has 30 nitrogen and oxygen atoms in total. The number of likely N-dealkylation sites (tertiary alicyclic amines) is 3. The van der Waals surface area contributed by atoms with Gasteiger partial charge in [-0.1, -0.05) is 73.7 Å². The van der Waals surface area contributed by atoms with Gasteiger partial charge in [-0.2, -0.15) is 28.5 Å². The number of alkyl halides is 5. The van der Waals surface area contributed by atoms with Crippen molar-refractivity contribution in [3.05, 3.63) is 200 Å². The van der Waals surface area contributed by atoms with Crippen LogP contribution in [0.3, 0.4) is 0 Å². The van der Waals surface area contributed by atoms with E-state index in [1.165, 1.54) is 82.4 Å². The number of nitrogens with zero attached hydrogens (tertiary/aromatic N) is 23. The Hall–Kier alpha value is -10.8. The van der Waals surface area contributed by atoms with Gasteiger partial charge in [0.15, 0.2) is 34.4 Å². The first kappa shape index (κ1) is 99.2. The number of carboxylic acid groups (broad SMARTS) is 1. The van der Waals surface area contributed by atoms with Gasteiger partial charge in [0.25, 0.3) is 0 Å². The van der Waals surface area contributed by atoms with Gasteiger partial charge in [-0.15, -0.1) is 0 Å². The van der Waals surface area contributed by atoms with Crippen molar-refractivity contribution in [1.29, 1.82) is 0 Å². The molecule has 0 spiro atoms. The Kier molecular flexibility index (Phi) is 35.9. The van der Waals surface area contributed by atoms with E-state index in [1.54, 1.807) is 0 Å². The molecule has 0 aliphatic carbocycles. The fourth-order valence-electron chi connectivity index (χ4n) is 18.7. The van der Waals surface area contributed by atoms with Crippen LogP contribution in [0.1, 0.15) is 141 Å². The predicted octanol–water partition coefficient (Wildman–Crippen LogP) is 14.9. The first-order valence-corrected chi connectivity index (χ1v) is 49.0. The van der Waals surface area contributed by atoms with Crippen LogP contribution >= 0.6 is 15.9 Å². The Morgan fingerprint density at radius 1 is 0.482 bits per heavy atom. The number of aryl methyl sites for hydroxylation is 2. The number of piperidine rings is 3. The van der Waals surface area contributed by atoms with E-state index in [4.69, 9.17) is 76.4 Å². The van der Waals surface area contributed by atoms with E-state index in [9.17, 15) is 17.6 Å². The number of carboxylic acids is 1. The van der Waals surface area contributed by atoms with Crippen LogP contribution in [-0.2, 0) is 51.7 Å². The molecule has 6 fully saturated rings. The van der Waals surface area contributed by atoms with E-state index in [2.05, 4.69) is 206 Å². The van der Waals surface area contributed by atoms with Gasteiger partial charge in [0.05, 0.1) is 101 Å². The molecule has 6 aliphatic rings. The molecule has 0 radical (unpaired) electrons. The van der Waals surface area contributed by atoms with Crippen molar-refractivity contribution < 1.29 is 74.0 Å². The quantitative estimate of drug-likeness (QED) is 0.0196. The fourth-order valence-corrected chi connectivity index (χ4v) is 19.1. The third-order valence-corrected chi connectivity index (χ3v) is 26.6. The van der Waals surface area contributed by atoms with Crippen molar-refractivity contribution in [3.63, 3.8) is 0 Å². The maximum Gasteiger partial charge on any atom is 1.00 e. The molecule has 36 heteroatoms. The molecule has 15 aromatic rings. The molecular weight excluding hydrogens is 1820 g/mol. The zero-order chi connectivity index (χ0) is 94.8. The monoisotopic (exact) mass is 1950 g/mol. The minimum Gasteiger partial charge on any atom is -1.00 e. The minimum absolute atomic E-state index is 0. The summed E-state index contributed by atoms with van der Waals surface area (Å²) < 4.78 is 75.4. The number of unbranched alkanes of at least 4 members (excludes halogenated alkanes) is 5. The Balaban J connectivity index is 0.000000153. The number of hydrogen-bond acceptors (Lipinski definition) is 23. The van der Waals surface area contributed by atoms with Crippen LogP contribution in [0.25, 0.3) is 100.0 Å². The van der Waals surface area contributed by atoms with E-state index < -0.39 is 19.3 Å². The number of H-pyrrole nitrogens is 1. The number of anilines is 3. The number of aromatic amines is 1. The van der Waals surface area contributed by atoms with Crippen LogP contribution in [0.15, 0.2) is 184 Å². The smallest absolute Gasteiger partial charge is 1.00 e. The molecule has 137 heavy (non-hydrogen) atoms. The minimum atomic E-state index is -5.08. The van der Waals surface area contributed by atoms with Crippen molar-refractivity contribution >= 4 is 105 Å². The molecular formula is C101H125BrF4N25NaO5. The standard InChI is InChI=1S/C33H40N8O.C32H39N9O.C28H30N8O.C5H11Br.C2HF3O2.CH3F.Na.H/c1-2-3-4-13-39-16-9-26-21-27(7-8-30(26)39)31-36-32(40-17-19-42-20-18-40)29-23-35-41(33(29)37-31)28-10-14-38(15-11-28)24-25-6-5-12-34-22-25;33-10-1-2-12-39-15-7-25-20-26(5-6-29(25)39)30-36-31(40-16-18-42-19-17-40)28-22-35-41(32(28)37-30)27-8-13-38(14-9-27)23-24-4-3-11-34-21-24;1-2-20(17-29-8-1)19-34-10-6-23(7-11-34)36-28-24(18-31-36)27(35-12-14-37-15-13-35)32-26(33-28)22-3-4-25-21(16-22)5-9-30-25;1-2-3-4-5-6;3-2(4,5)1(6)7;1-2;;/h5-9,12,16,21-23,28H,2-4,10-11,13-15,17-20,24H2,1H3;3-7,11,15,20-22,27H,1-2,8-10,12-14,16-19,23,33H2;1-5,8-9,16-18,23,30H,6-7,10-15,19H2;2-5H2,1H3;(H,6,7);1H3;;/q;;;;;;+1;-1/i;;;;;1D;;. The van der Waals surface area contributed by atoms with Gasteiger partial charge in [-0.05, 0) is 178 Å². The SMILES string of the molecule is CCCCCBr.CCCCCn1ccc2cc(-c3nc(N4CCOCC4)c4cnn(C5CCN(Cc6cccnc6)CC5)c4n3)ccc21.NCCCCn1ccc2cc(-c3nc(N4CCOCC4)c4cnn(C5CCN(Cc6cccnc6)CC5)c4n3)ccc21.O=C(O)C(F)(F)F.[2H]CF.[H-].[Na+].c1cncc(CN2CCC(n3ncc4c(N5CCOCC5)nc(-c5ccc6[nH]ccc6c5)nc43)CC2)c1. The van der Waals surface area contributed by atoms with Gasteiger partial charge in [0, 0.05) is 222 Å². The van der Waals surface area contributed by atoms with E-state index >= 15 is 0 Å². The zero-order valence-electron chi connectivity index (χ0n) is 80.7. The Morgan fingerprint density at radius 2 is 0.832 bits per heavy atom. The van der Waals surface area contributed by atoms with E-state index in [-0.39, 0.29) is 31.0 Å². The maximum atomic E-state index is 10.6. The number of carbonyl (C=O) groups is 1. The first-order valence-electron chi connectivity index (χ1n) is 48.6. The summed E-state index contributed by atoms with van der Waals surface area (Å²) in [5, 5.41) is 29.7. The summed E-state index contributed by atoms with van der Waals surface area (Å²) in [6.45, 7) is 25.4. The van der Waals surface area contributed by atoms with Gasteiger partial charge < -0.3 is 55.3 Å². The molecule has 0 amide bonds. The molecule has 6 aliphatic heterocycles. The number of aromatic nitrogens is 18. The summed E-state index contributed by atoms with van der Waals surface area (Å²) in [5.41, 5.74) is 19.0. The zero-order valence-corrected chi connectivity index (χ0v) is 82.3. The number of ether oxygens (including phenoxy) is 3. The van der Waals surface area contributed by atoms with Crippen LogP contribution in [0.2, 0.25) is 0 Å². The van der Waals surface area contributed by atoms with E-state index in [0.717, 1.165) is 265 Å². The molecule has 21 rings (SSSR count). The van der Waals surface area contributed by atoms with Gasteiger partial charge >= 0.3 is 41.7 Å². The number of halogens is 5. The van der Waals surface area contributed by atoms with Crippen LogP contribution < -0.4 is 50.0 Å². The summed E-state index contributed by atoms with van der Waals surface area (Å²) in [5.74, 6) is 2.38. The summed E-state index contributed by atoms with van der Waals surface area (Å²) in [6.07, 6.45) is 34.6. The summed E-state index contributed by atoms with van der Waals surface area (Å²) in [6, 6.07) is 39.5. The number of rotatable bonds is 26. The number of nitrogens with one attached hydrogen (secondary N) is 1. The molecule has 18 heterocycles. The average molecular weight is 1950 g/mol. The molecule has 0 atom stereocenters. The maximum absolute atomic E-state index is 10.6. The number of nitrogens with two attached hydrogens (primary N) is 1. The normalized spacial score (nSPS) is 16.3. The third kappa shape index (κ3) is 25.6. The molecule has 0 saturated carbocycles. The Morgan fingerprint density at radius 3 is 1.16 bits per heavy atom. The molecule has 0 bridgehead atoms. The second kappa shape index (κ2) is 49.6. The van der Waals surface area contributed by atoms with Crippen molar-refractivity contribution in [1.82, 2.24) is 103 Å². The van der Waals surface area contributed by atoms with Crippen LogP contribution in [-0.4, -0.2) is 257 Å². The number of fused-ring (bicyclic) bond motifs is 6. The molecule has 3 aromatic carbocycles. The summed E-state index contributed by atoms with van der Waals surface area (Å²) in [4.78, 5) is 70.4. The molecule has 12 aromatic heterocycles. The second-order valence-electron chi connectivity index (χ2n) is 35.2. The summed E-state index contributed by atoms with van der Waals surface area (Å²) >= 11 is 3.35. The number of aliphatic carboxylic acids is 1. The Bertz CT molecular complexity index is 6070. The van der Waals surface area contributed by atoms with E-state index in [1.807, 2.05) is 80.2 Å². The van der Waals surface area contributed by atoms with Crippen LogP contribution in [0.5, 0.6) is 0 Å².